The van der Waals surface area contributed by atoms with E-state index < -0.39 is 0 Å². The Labute approximate surface area is 123 Å². The molecule has 3 nitrogen and oxygen atoms in total. The minimum absolute atomic E-state index is 0.778. The van der Waals surface area contributed by atoms with E-state index >= 15 is 0 Å². The molecule has 1 fully saturated rings. The van der Waals surface area contributed by atoms with Crippen LogP contribution in [0.5, 0.6) is 5.75 Å². The Balaban J connectivity index is 1.81. The molecule has 1 aromatic rings. The SMILES string of the molecule is CNCc1ccccc1OCCN1CC(C)CC(C)C1. The maximum Gasteiger partial charge on any atom is 0.123 e. The lowest BCUT2D eigenvalue weighted by atomic mass is 9.92. The fourth-order valence-corrected chi connectivity index (χ4v) is 3.24. The van der Waals surface area contributed by atoms with Crippen LogP contribution in [-0.2, 0) is 6.54 Å². The standard InChI is InChI=1S/C17H28N2O/c1-14-10-15(2)13-19(12-14)8-9-20-17-7-5-4-6-16(17)11-18-3/h4-7,14-15,18H,8-13H2,1-3H3. The molecule has 0 spiro atoms. The van der Waals surface area contributed by atoms with Crippen LogP contribution in [0.1, 0.15) is 25.8 Å². The summed E-state index contributed by atoms with van der Waals surface area (Å²) in [7, 11) is 1.97. The molecule has 0 bridgehead atoms. The summed E-state index contributed by atoms with van der Waals surface area (Å²) in [6.45, 7) is 9.80. The maximum absolute atomic E-state index is 5.98. The number of hydrogen-bond acceptors (Lipinski definition) is 3. The lowest BCUT2D eigenvalue weighted by molar-refractivity contribution is 0.120. The zero-order chi connectivity index (χ0) is 14.4. The number of rotatable bonds is 6. The summed E-state index contributed by atoms with van der Waals surface area (Å²) in [5.74, 6) is 2.64. The van der Waals surface area contributed by atoms with Crippen LogP contribution >= 0.6 is 0 Å². The van der Waals surface area contributed by atoms with Gasteiger partial charge >= 0.3 is 0 Å². The van der Waals surface area contributed by atoms with Gasteiger partial charge in [0, 0.05) is 31.7 Å². The summed E-state index contributed by atoms with van der Waals surface area (Å²) in [6.07, 6.45) is 1.36. The molecule has 0 saturated carbocycles. The van der Waals surface area contributed by atoms with E-state index in [9.17, 15) is 0 Å². The van der Waals surface area contributed by atoms with Crippen LogP contribution < -0.4 is 10.1 Å². The molecule has 2 atom stereocenters. The summed E-state index contributed by atoms with van der Waals surface area (Å²) in [5, 5.41) is 3.19. The van der Waals surface area contributed by atoms with Crippen molar-refractivity contribution < 1.29 is 4.74 Å². The van der Waals surface area contributed by atoms with E-state index in [2.05, 4.69) is 42.3 Å². The first-order valence-corrected chi connectivity index (χ1v) is 7.76. The van der Waals surface area contributed by atoms with Crippen LogP contribution in [0.15, 0.2) is 24.3 Å². The molecule has 0 radical (unpaired) electrons. The molecule has 112 valence electrons. The van der Waals surface area contributed by atoms with E-state index in [1.165, 1.54) is 25.1 Å². The summed E-state index contributed by atoms with van der Waals surface area (Å²) in [4.78, 5) is 2.54. The Bertz CT molecular complexity index is 398. The zero-order valence-electron chi connectivity index (χ0n) is 13.1. The van der Waals surface area contributed by atoms with Gasteiger partial charge in [0.15, 0.2) is 0 Å². The quantitative estimate of drug-likeness (QED) is 0.864. The number of nitrogens with one attached hydrogen (secondary N) is 1. The molecule has 1 aliphatic rings. The van der Waals surface area contributed by atoms with Crippen molar-refractivity contribution in [2.75, 3.05) is 33.3 Å². The van der Waals surface area contributed by atoms with Gasteiger partial charge in [-0.15, -0.1) is 0 Å². The highest BCUT2D eigenvalue weighted by Crippen LogP contribution is 2.21. The lowest BCUT2D eigenvalue weighted by Crippen LogP contribution is -2.40. The van der Waals surface area contributed by atoms with E-state index in [1.807, 2.05) is 13.1 Å². The lowest BCUT2D eigenvalue weighted by Gasteiger charge is -2.34. The van der Waals surface area contributed by atoms with E-state index in [0.29, 0.717) is 0 Å². The van der Waals surface area contributed by atoms with E-state index in [1.54, 1.807) is 0 Å². The number of ether oxygens (including phenoxy) is 1. The molecule has 1 aliphatic heterocycles. The van der Waals surface area contributed by atoms with E-state index in [0.717, 1.165) is 37.3 Å². The first kappa shape index (κ1) is 15.3. The van der Waals surface area contributed by atoms with Crippen molar-refractivity contribution in [2.24, 2.45) is 11.8 Å². The highest BCUT2D eigenvalue weighted by molar-refractivity contribution is 5.33. The summed E-state index contributed by atoms with van der Waals surface area (Å²) in [6, 6.07) is 8.29. The molecule has 0 aliphatic carbocycles. The van der Waals surface area contributed by atoms with Gasteiger partial charge in [0.1, 0.15) is 12.4 Å². The van der Waals surface area contributed by atoms with Crippen LogP contribution in [0.4, 0.5) is 0 Å². The van der Waals surface area contributed by atoms with Gasteiger partial charge in [-0.2, -0.15) is 0 Å². The van der Waals surface area contributed by atoms with Gasteiger partial charge in [-0.05, 0) is 31.4 Å². The van der Waals surface area contributed by atoms with Gasteiger partial charge in [0.2, 0.25) is 0 Å². The maximum atomic E-state index is 5.98. The van der Waals surface area contributed by atoms with Crippen molar-refractivity contribution in [3.8, 4) is 5.75 Å². The molecule has 1 aromatic carbocycles. The zero-order valence-corrected chi connectivity index (χ0v) is 13.1. The van der Waals surface area contributed by atoms with Crippen LogP contribution in [0, 0.1) is 11.8 Å². The molecule has 1 N–H and O–H groups in total. The fraction of sp³-hybridized carbons (Fsp3) is 0.647. The number of nitrogens with zero attached hydrogens (tertiary/aromatic N) is 1. The molecular formula is C17H28N2O. The summed E-state index contributed by atoms with van der Waals surface area (Å²) < 4.78 is 5.98. The van der Waals surface area contributed by atoms with Crippen LogP contribution in [0.25, 0.3) is 0 Å². The van der Waals surface area contributed by atoms with Gasteiger partial charge in [0.05, 0.1) is 0 Å². The Morgan fingerprint density at radius 1 is 1.20 bits per heavy atom. The molecule has 0 amide bonds. The van der Waals surface area contributed by atoms with E-state index in [-0.39, 0.29) is 0 Å². The topological polar surface area (TPSA) is 24.5 Å². The second-order valence-corrected chi connectivity index (χ2v) is 6.19. The third-order valence-electron chi connectivity index (χ3n) is 3.95. The molecular weight excluding hydrogens is 248 g/mol. The number of para-hydroxylation sites is 1. The average Bonchev–Trinajstić information content (AvgIpc) is 2.40. The smallest absolute Gasteiger partial charge is 0.123 e. The minimum atomic E-state index is 0.778. The predicted octanol–water partition coefficient (Wildman–Crippen LogP) is 2.76. The Hall–Kier alpha value is -1.06. The van der Waals surface area contributed by atoms with Crippen molar-refractivity contribution in [3.05, 3.63) is 29.8 Å². The third-order valence-corrected chi connectivity index (χ3v) is 3.95. The number of piperidine rings is 1. The number of hydrogen-bond donors (Lipinski definition) is 1. The summed E-state index contributed by atoms with van der Waals surface area (Å²) in [5.41, 5.74) is 1.23. The molecule has 1 saturated heterocycles. The molecule has 2 unspecified atom stereocenters. The average molecular weight is 276 g/mol. The normalized spacial score (nSPS) is 23.8. The fourth-order valence-electron chi connectivity index (χ4n) is 3.24. The van der Waals surface area contributed by atoms with Gasteiger partial charge in [-0.25, -0.2) is 0 Å². The Morgan fingerprint density at radius 2 is 1.90 bits per heavy atom. The Kier molecular flexibility index (Phi) is 5.86. The first-order valence-electron chi connectivity index (χ1n) is 7.76. The van der Waals surface area contributed by atoms with Crippen molar-refractivity contribution in [1.82, 2.24) is 10.2 Å². The molecule has 2 rings (SSSR count). The molecule has 1 heterocycles. The van der Waals surface area contributed by atoms with E-state index in [4.69, 9.17) is 4.74 Å². The predicted molar refractivity (Wildman–Crippen MR) is 84.1 cm³/mol. The van der Waals surface area contributed by atoms with Crippen LogP contribution in [-0.4, -0.2) is 38.2 Å². The van der Waals surface area contributed by atoms with Gasteiger partial charge in [-0.1, -0.05) is 32.0 Å². The first-order chi connectivity index (χ1) is 9.69. The van der Waals surface area contributed by atoms with Gasteiger partial charge < -0.3 is 10.1 Å². The molecule has 0 aromatic heterocycles. The molecule has 3 heteroatoms. The second kappa shape index (κ2) is 7.65. The highest BCUT2D eigenvalue weighted by Gasteiger charge is 2.21. The Morgan fingerprint density at radius 3 is 2.60 bits per heavy atom. The van der Waals surface area contributed by atoms with Gasteiger partial charge in [-0.3, -0.25) is 4.90 Å². The monoisotopic (exact) mass is 276 g/mol. The largest absolute Gasteiger partial charge is 0.492 e. The molecule has 20 heavy (non-hydrogen) atoms. The van der Waals surface area contributed by atoms with Crippen LogP contribution in [0.3, 0.4) is 0 Å². The van der Waals surface area contributed by atoms with Crippen molar-refractivity contribution in [1.29, 1.82) is 0 Å². The second-order valence-electron chi connectivity index (χ2n) is 6.19. The highest BCUT2D eigenvalue weighted by atomic mass is 16.5. The van der Waals surface area contributed by atoms with Crippen molar-refractivity contribution >= 4 is 0 Å². The van der Waals surface area contributed by atoms with Crippen molar-refractivity contribution in [2.45, 2.75) is 26.8 Å². The van der Waals surface area contributed by atoms with Crippen LogP contribution in [0.2, 0.25) is 0 Å². The summed E-state index contributed by atoms with van der Waals surface area (Å²) >= 11 is 0. The minimum Gasteiger partial charge on any atom is -0.492 e. The number of likely N-dealkylation sites (tertiary alicyclic amines) is 1. The van der Waals surface area contributed by atoms with Gasteiger partial charge in [0.25, 0.3) is 0 Å². The number of benzene rings is 1. The third kappa shape index (κ3) is 4.50. The van der Waals surface area contributed by atoms with Crippen molar-refractivity contribution in [3.63, 3.8) is 0 Å².